The lowest BCUT2D eigenvalue weighted by atomic mass is 10.1. The second-order valence-corrected chi connectivity index (χ2v) is 6.07. The SMILES string of the molecule is COC(=O)c1ccc(-c2ccsc2)c(COc2cccc(O)c2C=O)n1. The van der Waals surface area contributed by atoms with Gasteiger partial charge in [0.15, 0.2) is 6.29 Å². The number of aldehydes is 1. The van der Waals surface area contributed by atoms with Gasteiger partial charge in [0.2, 0.25) is 0 Å². The van der Waals surface area contributed by atoms with E-state index in [1.54, 1.807) is 35.6 Å². The number of phenolic OH excluding ortho intramolecular Hbond substituents is 1. The molecule has 3 aromatic rings. The minimum Gasteiger partial charge on any atom is -0.507 e. The summed E-state index contributed by atoms with van der Waals surface area (Å²) in [6.07, 6.45) is 0.531. The van der Waals surface area contributed by atoms with E-state index in [0.29, 0.717) is 12.0 Å². The van der Waals surface area contributed by atoms with E-state index in [9.17, 15) is 14.7 Å². The Kier molecular flexibility index (Phi) is 5.28. The number of aromatic hydroxyl groups is 1. The largest absolute Gasteiger partial charge is 0.507 e. The Morgan fingerprint density at radius 3 is 2.81 bits per heavy atom. The molecule has 6 nitrogen and oxygen atoms in total. The first kappa shape index (κ1) is 17.6. The van der Waals surface area contributed by atoms with Crippen LogP contribution in [0.25, 0.3) is 11.1 Å². The summed E-state index contributed by atoms with van der Waals surface area (Å²) in [6, 6.07) is 9.88. The monoisotopic (exact) mass is 369 g/mol. The summed E-state index contributed by atoms with van der Waals surface area (Å²) in [5.74, 6) is -0.470. The average molecular weight is 369 g/mol. The van der Waals surface area contributed by atoms with E-state index in [0.717, 1.165) is 11.1 Å². The highest BCUT2D eigenvalue weighted by atomic mass is 32.1. The molecule has 0 fully saturated rings. The Bertz CT molecular complexity index is 937. The zero-order chi connectivity index (χ0) is 18.5. The first-order valence-corrected chi connectivity index (χ1v) is 8.59. The fourth-order valence-electron chi connectivity index (χ4n) is 2.43. The number of methoxy groups -OCH3 is 1. The van der Waals surface area contributed by atoms with Gasteiger partial charge in [-0.05, 0) is 46.7 Å². The number of esters is 1. The van der Waals surface area contributed by atoms with Crippen molar-refractivity contribution >= 4 is 23.6 Å². The van der Waals surface area contributed by atoms with Gasteiger partial charge in [-0.1, -0.05) is 6.07 Å². The number of rotatable bonds is 6. The minimum absolute atomic E-state index is 0.0142. The molecule has 0 aliphatic heterocycles. The third-order valence-corrected chi connectivity index (χ3v) is 4.41. The molecule has 1 aromatic carbocycles. The quantitative estimate of drug-likeness (QED) is 0.527. The van der Waals surface area contributed by atoms with Gasteiger partial charge < -0.3 is 14.6 Å². The van der Waals surface area contributed by atoms with E-state index in [1.165, 1.54) is 13.2 Å². The van der Waals surface area contributed by atoms with Crippen molar-refractivity contribution < 1.29 is 24.2 Å². The normalized spacial score (nSPS) is 10.3. The van der Waals surface area contributed by atoms with Gasteiger partial charge in [0.1, 0.15) is 23.8 Å². The van der Waals surface area contributed by atoms with Crippen molar-refractivity contribution in [2.24, 2.45) is 0 Å². The number of nitrogens with zero attached hydrogens (tertiary/aromatic N) is 1. The van der Waals surface area contributed by atoms with Gasteiger partial charge in [0.25, 0.3) is 0 Å². The van der Waals surface area contributed by atoms with E-state index >= 15 is 0 Å². The summed E-state index contributed by atoms with van der Waals surface area (Å²) in [5.41, 5.74) is 2.51. The molecule has 1 N–H and O–H groups in total. The second kappa shape index (κ2) is 7.79. The van der Waals surface area contributed by atoms with Crippen LogP contribution in [0.5, 0.6) is 11.5 Å². The molecule has 2 heterocycles. The van der Waals surface area contributed by atoms with E-state index in [1.807, 2.05) is 16.8 Å². The number of aromatic nitrogens is 1. The van der Waals surface area contributed by atoms with Gasteiger partial charge in [-0.15, -0.1) is 0 Å². The van der Waals surface area contributed by atoms with Crippen LogP contribution in [0.4, 0.5) is 0 Å². The Morgan fingerprint density at radius 2 is 2.12 bits per heavy atom. The first-order chi connectivity index (χ1) is 12.6. The van der Waals surface area contributed by atoms with Crippen molar-refractivity contribution in [3.8, 4) is 22.6 Å². The molecule has 7 heteroatoms. The molecule has 0 aliphatic carbocycles. The Morgan fingerprint density at radius 1 is 1.27 bits per heavy atom. The number of hydrogen-bond acceptors (Lipinski definition) is 7. The molecule has 0 saturated carbocycles. The number of ether oxygens (including phenoxy) is 2. The van der Waals surface area contributed by atoms with Crippen LogP contribution in [-0.4, -0.2) is 29.5 Å². The molecule has 0 spiro atoms. The Balaban J connectivity index is 1.96. The van der Waals surface area contributed by atoms with Crippen LogP contribution >= 0.6 is 11.3 Å². The molecule has 0 amide bonds. The van der Waals surface area contributed by atoms with E-state index in [4.69, 9.17) is 9.47 Å². The Labute approximate surface area is 153 Å². The minimum atomic E-state index is -0.547. The Hall–Kier alpha value is -3.19. The molecule has 0 atom stereocenters. The zero-order valence-corrected chi connectivity index (χ0v) is 14.7. The third-order valence-electron chi connectivity index (χ3n) is 3.73. The molecular formula is C19H15NO5S. The molecule has 26 heavy (non-hydrogen) atoms. The van der Waals surface area contributed by atoms with Gasteiger partial charge in [-0.25, -0.2) is 9.78 Å². The molecule has 2 aromatic heterocycles. The number of carbonyl (C=O) groups excluding carboxylic acids is 2. The summed E-state index contributed by atoms with van der Waals surface area (Å²) in [5, 5.41) is 13.7. The lowest BCUT2D eigenvalue weighted by Gasteiger charge is -2.12. The van der Waals surface area contributed by atoms with Gasteiger partial charge in [0, 0.05) is 5.56 Å². The van der Waals surface area contributed by atoms with Gasteiger partial charge in [0.05, 0.1) is 18.4 Å². The summed E-state index contributed by atoms with van der Waals surface area (Å²) in [7, 11) is 1.29. The lowest BCUT2D eigenvalue weighted by molar-refractivity contribution is 0.0593. The van der Waals surface area contributed by atoms with Crippen molar-refractivity contribution in [3.05, 3.63) is 64.1 Å². The van der Waals surface area contributed by atoms with Crippen LogP contribution in [0.15, 0.2) is 47.2 Å². The fraction of sp³-hybridized carbons (Fsp3) is 0.105. The standard InChI is InChI=1S/C19H15NO5S/c1-24-19(23)15-6-5-13(12-7-8-26-11-12)16(20-15)10-25-18-4-2-3-17(22)14(18)9-21/h2-9,11,22H,10H2,1H3. The maximum atomic E-state index is 11.8. The number of phenols is 1. The molecule has 132 valence electrons. The van der Waals surface area contributed by atoms with Crippen molar-refractivity contribution in [1.82, 2.24) is 4.98 Å². The molecular weight excluding hydrogens is 354 g/mol. The topological polar surface area (TPSA) is 85.7 Å². The van der Waals surface area contributed by atoms with Crippen LogP contribution in [0.3, 0.4) is 0 Å². The number of hydrogen-bond donors (Lipinski definition) is 1. The highest BCUT2D eigenvalue weighted by molar-refractivity contribution is 7.08. The predicted molar refractivity (Wildman–Crippen MR) is 96.7 cm³/mol. The third kappa shape index (κ3) is 3.57. The van der Waals surface area contributed by atoms with Crippen LogP contribution in [0.1, 0.15) is 26.5 Å². The smallest absolute Gasteiger partial charge is 0.356 e. The summed E-state index contributed by atoms with van der Waals surface area (Å²) < 4.78 is 10.4. The highest BCUT2D eigenvalue weighted by Gasteiger charge is 2.15. The summed E-state index contributed by atoms with van der Waals surface area (Å²) >= 11 is 1.54. The number of benzene rings is 1. The van der Waals surface area contributed by atoms with E-state index < -0.39 is 5.97 Å². The molecule has 0 unspecified atom stereocenters. The summed E-state index contributed by atoms with van der Waals surface area (Å²) in [4.78, 5) is 27.3. The van der Waals surface area contributed by atoms with Crippen molar-refractivity contribution in [3.63, 3.8) is 0 Å². The first-order valence-electron chi connectivity index (χ1n) is 7.64. The molecule has 0 saturated heterocycles. The average Bonchev–Trinajstić information content (AvgIpc) is 3.20. The molecule has 0 radical (unpaired) electrons. The maximum Gasteiger partial charge on any atom is 0.356 e. The number of pyridine rings is 1. The predicted octanol–water partition coefficient (Wildman–Crippen LogP) is 3.69. The van der Waals surface area contributed by atoms with Crippen LogP contribution in [0, 0.1) is 0 Å². The number of thiophene rings is 1. The van der Waals surface area contributed by atoms with E-state index in [2.05, 4.69) is 4.98 Å². The van der Waals surface area contributed by atoms with Gasteiger partial charge in [-0.3, -0.25) is 4.79 Å². The highest BCUT2D eigenvalue weighted by Crippen LogP contribution is 2.29. The van der Waals surface area contributed by atoms with Crippen molar-refractivity contribution in [1.29, 1.82) is 0 Å². The van der Waals surface area contributed by atoms with Crippen LogP contribution in [-0.2, 0) is 11.3 Å². The zero-order valence-electron chi connectivity index (χ0n) is 13.8. The van der Waals surface area contributed by atoms with Crippen molar-refractivity contribution in [2.45, 2.75) is 6.61 Å². The van der Waals surface area contributed by atoms with Crippen LogP contribution < -0.4 is 4.74 Å². The second-order valence-electron chi connectivity index (χ2n) is 5.29. The molecule has 3 rings (SSSR count). The van der Waals surface area contributed by atoms with Gasteiger partial charge >= 0.3 is 5.97 Å². The number of carbonyl (C=O) groups is 2. The summed E-state index contributed by atoms with van der Waals surface area (Å²) in [6.45, 7) is 0.0142. The molecule has 0 aliphatic rings. The van der Waals surface area contributed by atoms with Crippen molar-refractivity contribution in [2.75, 3.05) is 7.11 Å². The van der Waals surface area contributed by atoms with E-state index in [-0.39, 0.29) is 29.4 Å². The lowest BCUT2D eigenvalue weighted by Crippen LogP contribution is -2.09. The van der Waals surface area contributed by atoms with Crippen LogP contribution in [0.2, 0.25) is 0 Å². The maximum absolute atomic E-state index is 11.8. The fourth-order valence-corrected chi connectivity index (χ4v) is 3.09. The van der Waals surface area contributed by atoms with Gasteiger partial charge in [-0.2, -0.15) is 11.3 Å². The molecule has 0 bridgehead atoms.